The van der Waals surface area contributed by atoms with E-state index in [-0.39, 0.29) is 24.6 Å². The Balaban J connectivity index is 1.68. The Morgan fingerprint density at radius 1 is 1.00 bits per heavy atom. The summed E-state index contributed by atoms with van der Waals surface area (Å²) in [7, 11) is -3.91. The summed E-state index contributed by atoms with van der Waals surface area (Å²) >= 11 is 2.15. The zero-order valence-electron chi connectivity index (χ0n) is 17.9. The first-order valence-corrected chi connectivity index (χ1v) is 12.6. The molecule has 0 spiro atoms. The minimum atomic E-state index is -3.91. The Bertz CT molecular complexity index is 1170. The monoisotopic (exact) mass is 564 g/mol. The molecule has 0 atom stereocenters. The number of anilines is 1. The van der Waals surface area contributed by atoms with Crippen LogP contribution in [0.1, 0.15) is 11.1 Å². The van der Waals surface area contributed by atoms with Gasteiger partial charge in [-0.25, -0.2) is 8.42 Å². The molecular formula is C24H25IN2O4S. The van der Waals surface area contributed by atoms with Crippen molar-refractivity contribution < 1.29 is 17.9 Å². The first kappa shape index (κ1) is 24.1. The summed E-state index contributed by atoms with van der Waals surface area (Å²) in [6.07, 6.45) is 0. The molecule has 0 fully saturated rings. The maximum absolute atomic E-state index is 13.3. The minimum absolute atomic E-state index is 0.129. The van der Waals surface area contributed by atoms with Gasteiger partial charge in [-0.2, -0.15) is 0 Å². The predicted octanol–water partition coefficient (Wildman–Crippen LogP) is 4.30. The van der Waals surface area contributed by atoms with Gasteiger partial charge in [-0.15, -0.1) is 0 Å². The highest BCUT2D eigenvalue weighted by Crippen LogP contribution is 2.24. The van der Waals surface area contributed by atoms with E-state index < -0.39 is 15.9 Å². The van der Waals surface area contributed by atoms with Gasteiger partial charge in [0.1, 0.15) is 18.9 Å². The average Bonchev–Trinajstić information content (AvgIpc) is 2.78. The number of sulfonamides is 1. The van der Waals surface area contributed by atoms with Gasteiger partial charge in [0.15, 0.2) is 0 Å². The number of amides is 1. The summed E-state index contributed by atoms with van der Waals surface area (Å²) in [5.74, 6) is 0.360. The van der Waals surface area contributed by atoms with Crippen molar-refractivity contribution in [1.82, 2.24) is 5.32 Å². The van der Waals surface area contributed by atoms with Crippen LogP contribution < -0.4 is 14.4 Å². The number of ether oxygens (including phenoxy) is 1. The van der Waals surface area contributed by atoms with E-state index >= 15 is 0 Å². The SMILES string of the molecule is Cc1ccc(C)c(OCCNC(=O)CN(c2ccc(I)cc2)S(=O)(=O)c2ccccc2)c1. The van der Waals surface area contributed by atoms with Gasteiger partial charge in [-0.1, -0.05) is 30.3 Å². The lowest BCUT2D eigenvalue weighted by molar-refractivity contribution is -0.119. The molecule has 3 aromatic rings. The summed E-state index contributed by atoms with van der Waals surface area (Å²) < 4.78 is 34.4. The summed E-state index contributed by atoms with van der Waals surface area (Å²) in [6, 6.07) is 21.0. The zero-order chi connectivity index (χ0) is 23.1. The molecule has 0 saturated carbocycles. The Morgan fingerprint density at radius 2 is 1.69 bits per heavy atom. The van der Waals surface area contributed by atoms with Crippen LogP contribution in [0.3, 0.4) is 0 Å². The van der Waals surface area contributed by atoms with Crippen LogP contribution in [0.15, 0.2) is 77.7 Å². The molecule has 0 aliphatic carbocycles. The number of benzene rings is 3. The molecule has 3 aromatic carbocycles. The Hall–Kier alpha value is -2.59. The van der Waals surface area contributed by atoms with E-state index in [4.69, 9.17) is 4.74 Å². The van der Waals surface area contributed by atoms with Crippen LogP contribution in [-0.4, -0.2) is 34.0 Å². The largest absolute Gasteiger partial charge is 0.491 e. The van der Waals surface area contributed by atoms with Crippen molar-refractivity contribution in [3.8, 4) is 5.75 Å². The lowest BCUT2D eigenvalue weighted by Crippen LogP contribution is -2.41. The minimum Gasteiger partial charge on any atom is -0.491 e. The second-order valence-electron chi connectivity index (χ2n) is 7.27. The molecule has 0 aliphatic heterocycles. The third-order valence-corrected chi connectivity index (χ3v) is 7.27. The molecule has 0 unspecified atom stereocenters. The molecule has 0 aromatic heterocycles. The van der Waals surface area contributed by atoms with Crippen LogP contribution in [0, 0.1) is 17.4 Å². The van der Waals surface area contributed by atoms with Crippen LogP contribution in [0.5, 0.6) is 5.75 Å². The van der Waals surface area contributed by atoms with E-state index in [1.807, 2.05) is 32.0 Å². The zero-order valence-corrected chi connectivity index (χ0v) is 20.9. The molecule has 8 heteroatoms. The van der Waals surface area contributed by atoms with Crippen molar-refractivity contribution in [3.05, 3.63) is 87.5 Å². The summed E-state index contributed by atoms with van der Waals surface area (Å²) in [5, 5.41) is 2.75. The normalized spacial score (nSPS) is 11.1. The molecule has 1 amide bonds. The van der Waals surface area contributed by atoms with Crippen LogP contribution in [0.2, 0.25) is 0 Å². The number of nitrogens with zero attached hydrogens (tertiary/aromatic N) is 1. The number of carbonyl (C=O) groups excluding carboxylic acids is 1. The molecule has 3 rings (SSSR count). The molecule has 1 N–H and O–H groups in total. The first-order chi connectivity index (χ1) is 15.3. The molecule has 0 bridgehead atoms. The molecule has 168 valence electrons. The fourth-order valence-corrected chi connectivity index (χ4v) is 4.84. The van der Waals surface area contributed by atoms with Gasteiger partial charge in [0, 0.05) is 3.57 Å². The highest BCUT2D eigenvalue weighted by atomic mass is 127. The molecule has 0 saturated heterocycles. The Labute approximate surface area is 202 Å². The molecule has 0 radical (unpaired) electrons. The Kier molecular flexibility index (Phi) is 8.14. The van der Waals surface area contributed by atoms with Gasteiger partial charge < -0.3 is 10.1 Å². The average molecular weight is 564 g/mol. The number of rotatable bonds is 9. The van der Waals surface area contributed by atoms with E-state index in [0.29, 0.717) is 5.69 Å². The second-order valence-corrected chi connectivity index (χ2v) is 10.4. The maximum Gasteiger partial charge on any atom is 0.264 e. The van der Waals surface area contributed by atoms with Gasteiger partial charge in [-0.3, -0.25) is 9.10 Å². The number of aryl methyl sites for hydroxylation is 2. The van der Waals surface area contributed by atoms with Crippen molar-refractivity contribution in [2.24, 2.45) is 0 Å². The molecule has 0 heterocycles. The number of hydrogen-bond acceptors (Lipinski definition) is 4. The highest BCUT2D eigenvalue weighted by Gasteiger charge is 2.27. The van der Waals surface area contributed by atoms with Gasteiger partial charge in [0.2, 0.25) is 5.91 Å². The van der Waals surface area contributed by atoms with E-state index in [2.05, 4.69) is 27.9 Å². The van der Waals surface area contributed by atoms with Crippen LogP contribution in [0.4, 0.5) is 5.69 Å². The van der Waals surface area contributed by atoms with Crippen molar-refractivity contribution in [2.75, 3.05) is 24.0 Å². The van der Waals surface area contributed by atoms with Crippen LogP contribution >= 0.6 is 22.6 Å². The molecule has 6 nitrogen and oxygen atoms in total. The third kappa shape index (κ3) is 6.23. The van der Waals surface area contributed by atoms with Crippen molar-refractivity contribution in [2.45, 2.75) is 18.7 Å². The van der Waals surface area contributed by atoms with E-state index in [1.165, 1.54) is 12.1 Å². The second kappa shape index (κ2) is 10.8. The van der Waals surface area contributed by atoms with Crippen LogP contribution in [0.25, 0.3) is 0 Å². The third-order valence-electron chi connectivity index (χ3n) is 4.76. The molecule has 0 aliphatic rings. The number of carbonyl (C=O) groups is 1. The van der Waals surface area contributed by atoms with E-state index in [9.17, 15) is 13.2 Å². The summed E-state index contributed by atoms with van der Waals surface area (Å²) in [4.78, 5) is 12.8. The first-order valence-electron chi connectivity index (χ1n) is 10.1. The van der Waals surface area contributed by atoms with Gasteiger partial charge >= 0.3 is 0 Å². The topological polar surface area (TPSA) is 75.7 Å². The van der Waals surface area contributed by atoms with Gasteiger partial charge in [0.05, 0.1) is 17.1 Å². The molecule has 32 heavy (non-hydrogen) atoms. The summed E-state index contributed by atoms with van der Waals surface area (Å²) in [6.45, 7) is 4.16. The predicted molar refractivity (Wildman–Crippen MR) is 135 cm³/mol. The quantitative estimate of drug-likeness (QED) is 0.311. The number of nitrogens with one attached hydrogen (secondary N) is 1. The highest BCUT2D eigenvalue weighted by molar-refractivity contribution is 14.1. The lowest BCUT2D eigenvalue weighted by Gasteiger charge is -2.24. The standard InChI is InChI=1S/C24H25IN2O4S/c1-18-8-9-19(2)23(16-18)31-15-14-26-24(28)17-27(21-12-10-20(25)11-13-21)32(29,30)22-6-4-3-5-7-22/h3-13,16H,14-15,17H2,1-2H3,(H,26,28). The number of hydrogen-bond donors (Lipinski definition) is 1. The van der Waals surface area contributed by atoms with Crippen molar-refractivity contribution in [1.29, 1.82) is 0 Å². The maximum atomic E-state index is 13.3. The smallest absolute Gasteiger partial charge is 0.264 e. The summed E-state index contributed by atoms with van der Waals surface area (Å²) in [5.41, 5.74) is 2.53. The van der Waals surface area contributed by atoms with Gasteiger partial charge in [-0.05, 0) is 90.0 Å². The number of halogens is 1. The fourth-order valence-electron chi connectivity index (χ4n) is 3.04. The van der Waals surface area contributed by atoms with Crippen LogP contribution in [-0.2, 0) is 14.8 Å². The van der Waals surface area contributed by atoms with Gasteiger partial charge in [0.25, 0.3) is 10.0 Å². The van der Waals surface area contributed by atoms with E-state index in [0.717, 1.165) is 24.8 Å². The molecular weight excluding hydrogens is 539 g/mol. The fraction of sp³-hybridized carbons (Fsp3) is 0.208. The Morgan fingerprint density at radius 3 is 2.38 bits per heavy atom. The lowest BCUT2D eigenvalue weighted by atomic mass is 10.1. The van der Waals surface area contributed by atoms with Crippen molar-refractivity contribution >= 4 is 44.2 Å². The van der Waals surface area contributed by atoms with Crippen molar-refractivity contribution in [3.63, 3.8) is 0 Å². The van der Waals surface area contributed by atoms with E-state index in [1.54, 1.807) is 42.5 Å².